The van der Waals surface area contributed by atoms with E-state index in [9.17, 15) is 9.59 Å². The van der Waals surface area contributed by atoms with Gasteiger partial charge in [-0.05, 0) is 89.9 Å². The third kappa shape index (κ3) is 54.2. The molecule has 66 heavy (non-hydrogen) atoms. The van der Waals surface area contributed by atoms with Crippen molar-refractivity contribution in [2.24, 2.45) is 0 Å². The number of esters is 2. The quantitative estimate of drug-likeness (QED) is 0.0346. The number of allylic oxidation sites excluding steroid dienone is 10. The fourth-order valence-corrected chi connectivity index (χ4v) is 8.20. The van der Waals surface area contributed by atoms with Gasteiger partial charge in [-0.2, -0.15) is 0 Å². The van der Waals surface area contributed by atoms with Crippen LogP contribution >= 0.6 is 0 Å². The molecule has 0 radical (unpaired) electrons. The average Bonchev–Trinajstić information content (AvgIpc) is 3.32. The molecule has 0 aromatic heterocycles. The highest BCUT2D eigenvalue weighted by molar-refractivity contribution is 5.70. The lowest BCUT2D eigenvalue weighted by Gasteiger charge is -2.18. The average molecular weight is 924 g/mol. The molecule has 0 N–H and O–H groups in total. The van der Waals surface area contributed by atoms with Crippen molar-refractivity contribution in [3.05, 3.63) is 60.8 Å². The van der Waals surface area contributed by atoms with E-state index in [-0.39, 0.29) is 25.2 Å². The van der Waals surface area contributed by atoms with E-state index in [0.717, 1.165) is 83.5 Å². The molecule has 0 amide bonds. The lowest BCUT2D eigenvalue weighted by Crippen LogP contribution is -2.30. The SMILES string of the molecule is CCCCC/C=C\C/C=C\C/C=C\CCCCCCC(=O)OC[C@@H](COCCCCCCCCCCCCCCCCCC)OC(=O)CCCCCCCCC/C=C\C/C=C\CCCCC. The summed E-state index contributed by atoms with van der Waals surface area (Å²) in [6.07, 6.45) is 72.3. The number of carbonyl (C=O) groups excluding carboxylic acids is 2. The minimum Gasteiger partial charge on any atom is -0.462 e. The van der Waals surface area contributed by atoms with E-state index < -0.39 is 6.10 Å². The monoisotopic (exact) mass is 923 g/mol. The molecule has 0 spiro atoms. The van der Waals surface area contributed by atoms with Crippen LogP contribution < -0.4 is 0 Å². The minimum absolute atomic E-state index is 0.0724. The predicted octanol–water partition coefficient (Wildman–Crippen LogP) is 19.7. The fraction of sp³-hybridized carbons (Fsp3) is 0.803. The molecule has 0 rings (SSSR count). The van der Waals surface area contributed by atoms with E-state index in [1.807, 2.05) is 0 Å². The minimum atomic E-state index is -0.549. The number of rotatable bonds is 53. The molecule has 5 heteroatoms. The number of hydrogen-bond donors (Lipinski definition) is 0. The maximum Gasteiger partial charge on any atom is 0.306 e. The topological polar surface area (TPSA) is 61.8 Å². The molecule has 1 atom stereocenters. The summed E-state index contributed by atoms with van der Waals surface area (Å²) in [6, 6.07) is 0. The van der Waals surface area contributed by atoms with Gasteiger partial charge in [0.15, 0.2) is 6.10 Å². The summed E-state index contributed by atoms with van der Waals surface area (Å²) in [7, 11) is 0. The zero-order chi connectivity index (χ0) is 47.7. The molecule has 0 unspecified atom stereocenters. The van der Waals surface area contributed by atoms with Crippen molar-refractivity contribution in [2.75, 3.05) is 19.8 Å². The Hall–Kier alpha value is -2.40. The molecule has 0 heterocycles. The maximum atomic E-state index is 12.9. The van der Waals surface area contributed by atoms with Crippen molar-refractivity contribution in [2.45, 2.75) is 297 Å². The van der Waals surface area contributed by atoms with E-state index in [4.69, 9.17) is 14.2 Å². The van der Waals surface area contributed by atoms with Gasteiger partial charge in [-0.15, -0.1) is 0 Å². The van der Waals surface area contributed by atoms with Crippen molar-refractivity contribution >= 4 is 11.9 Å². The highest BCUT2D eigenvalue weighted by atomic mass is 16.6. The maximum absolute atomic E-state index is 12.9. The van der Waals surface area contributed by atoms with Gasteiger partial charge in [0, 0.05) is 19.4 Å². The van der Waals surface area contributed by atoms with E-state index in [1.54, 1.807) is 0 Å². The summed E-state index contributed by atoms with van der Waals surface area (Å²) in [5.74, 6) is -0.419. The van der Waals surface area contributed by atoms with Gasteiger partial charge in [0.1, 0.15) is 6.61 Å². The van der Waals surface area contributed by atoms with Crippen LogP contribution in [0.1, 0.15) is 290 Å². The van der Waals surface area contributed by atoms with Crippen LogP contribution in [-0.2, 0) is 23.8 Å². The Morgan fingerprint density at radius 1 is 0.333 bits per heavy atom. The highest BCUT2D eigenvalue weighted by Gasteiger charge is 2.17. The van der Waals surface area contributed by atoms with Crippen LogP contribution in [0.5, 0.6) is 0 Å². The predicted molar refractivity (Wildman–Crippen MR) is 288 cm³/mol. The van der Waals surface area contributed by atoms with Crippen LogP contribution in [-0.4, -0.2) is 37.9 Å². The Balaban J connectivity index is 4.31. The highest BCUT2D eigenvalue weighted by Crippen LogP contribution is 2.15. The summed E-state index contributed by atoms with van der Waals surface area (Å²) < 4.78 is 17.5. The third-order valence-corrected chi connectivity index (χ3v) is 12.5. The number of carbonyl (C=O) groups is 2. The Bertz CT molecular complexity index is 1130. The van der Waals surface area contributed by atoms with E-state index in [1.165, 1.54) is 173 Å². The van der Waals surface area contributed by atoms with Gasteiger partial charge in [-0.1, -0.05) is 248 Å². The molecule has 5 nitrogen and oxygen atoms in total. The summed E-state index contributed by atoms with van der Waals surface area (Å²) >= 11 is 0. The van der Waals surface area contributed by atoms with E-state index >= 15 is 0 Å². The van der Waals surface area contributed by atoms with Crippen LogP contribution in [0.25, 0.3) is 0 Å². The van der Waals surface area contributed by atoms with Gasteiger partial charge >= 0.3 is 11.9 Å². The fourth-order valence-electron chi connectivity index (χ4n) is 8.20. The Morgan fingerprint density at radius 2 is 0.636 bits per heavy atom. The van der Waals surface area contributed by atoms with E-state index in [0.29, 0.717) is 19.4 Å². The van der Waals surface area contributed by atoms with Crippen LogP contribution in [0, 0.1) is 0 Å². The van der Waals surface area contributed by atoms with Gasteiger partial charge in [-0.25, -0.2) is 0 Å². The molecule has 0 saturated carbocycles. The Morgan fingerprint density at radius 3 is 1.05 bits per heavy atom. The van der Waals surface area contributed by atoms with Crippen molar-refractivity contribution in [3.63, 3.8) is 0 Å². The second-order valence-corrected chi connectivity index (χ2v) is 19.2. The summed E-state index contributed by atoms with van der Waals surface area (Å²) in [5.41, 5.74) is 0. The van der Waals surface area contributed by atoms with Crippen molar-refractivity contribution < 1.29 is 23.8 Å². The van der Waals surface area contributed by atoms with Crippen LogP contribution in [0.15, 0.2) is 60.8 Å². The van der Waals surface area contributed by atoms with Gasteiger partial charge in [0.05, 0.1) is 6.61 Å². The number of unbranched alkanes of at least 4 members (excludes halogenated alkanes) is 32. The normalized spacial score (nSPS) is 12.6. The van der Waals surface area contributed by atoms with E-state index in [2.05, 4.69) is 81.5 Å². The first-order valence-corrected chi connectivity index (χ1v) is 28.8. The first kappa shape index (κ1) is 63.6. The summed E-state index contributed by atoms with van der Waals surface area (Å²) in [4.78, 5) is 25.5. The number of ether oxygens (including phenoxy) is 3. The molecular weight excluding hydrogens is 813 g/mol. The lowest BCUT2D eigenvalue weighted by molar-refractivity contribution is -0.163. The zero-order valence-corrected chi connectivity index (χ0v) is 44.2. The molecule has 0 aliphatic heterocycles. The molecule has 0 aliphatic rings. The lowest BCUT2D eigenvalue weighted by atomic mass is 10.0. The smallest absolute Gasteiger partial charge is 0.306 e. The molecule has 0 fully saturated rings. The van der Waals surface area contributed by atoms with Crippen molar-refractivity contribution in [1.29, 1.82) is 0 Å². The Labute approximate surface area is 411 Å². The third-order valence-electron chi connectivity index (χ3n) is 12.5. The van der Waals surface area contributed by atoms with Gasteiger partial charge in [-0.3, -0.25) is 9.59 Å². The second kappa shape index (κ2) is 56.9. The largest absolute Gasteiger partial charge is 0.462 e. The van der Waals surface area contributed by atoms with Gasteiger partial charge < -0.3 is 14.2 Å². The summed E-state index contributed by atoms with van der Waals surface area (Å²) in [5, 5.41) is 0. The molecule has 0 bridgehead atoms. The van der Waals surface area contributed by atoms with Crippen LogP contribution in [0.3, 0.4) is 0 Å². The van der Waals surface area contributed by atoms with Gasteiger partial charge in [0.25, 0.3) is 0 Å². The molecule has 384 valence electrons. The molecule has 0 saturated heterocycles. The van der Waals surface area contributed by atoms with Crippen molar-refractivity contribution in [3.8, 4) is 0 Å². The zero-order valence-electron chi connectivity index (χ0n) is 44.2. The second-order valence-electron chi connectivity index (χ2n) is 19.2. The standard InChI is InChI=1S/C61H110O5/c1-4-7-10-13-16-19-22-25-28-31-33-36-39-42-45-48-51-54-60(62)65-58-59(57-64-56-53-50-47-44-41-38-35-30-27-24-21-18-15-12-9-6-3)66-61(63)55-52-49-46-43-40-37-34-32-29-26-23-20-17-14-11-8-5-2/h16-17,19-20,25-26,28-29,33,36,59H,4-15,18,21-24,27,30-32,34-35,37-58H2,1-3H3/b19-16-,20-17-,28-25-,29-26-,36-33-/t59-/m1/s1. The van der Waals surface area contributed by atoms with Crippen molar-refractivity contribution in [1.82, 2.24) is 0 Å². The molecule has 0 aromatic carbocycles. The molecule has 0 aliphatic carbocycles. The first-order chi connectivity index (χ1) is 32.6. The first-order valence-electron chi connectivity index (χ1n) is 28.8. The summed E-state index contributed by atoms with van der Waals surface area (Å²) in [6.45, 7) is 7.79. The molecule has 0 aromatic rings. The molecular formula is C61H110O5. The van der Waals surface area contributed by atoms with Gasteiger partial charge in [0.2, 0.25) is 0 Å². The number of hydrogen-bond acceptors (Lipinski definition) is 5. The van der Waals surface area contributed by atoms with Crippen LogP contribution in [0.2, 0.25) is 0 Å². The van der Waals surface area contributed by atoms with Crippen LogP contribution in [0.4, 0.5) is 0 Å². The Kier molecular flexibility index (Phi) is 54.9.